The maximum Gasteiger partial charge on any atom is 0.573 e. The van der Waals surface area contributed by atoms with Gasteiger partial charge in [0, 0.05) is 16.5 Å². The van der Waals surface area contributed by atoms with Gasteiger partial charge in [-0.05, 0) is 73.4 Å². The first kappa shape index (κ1) is 28.0. The zero-order chi connectivity index (χ0) is 24.1. The minimum atomic E-state index is -4.76. The third-order valence-corrected chi connectivity index (χ3v) is 6.41. The summed E-state index contributed by atoms with van der Waals surface area (Å²) in [5, 5.41) is 3.77. The Morgan fingerprint density at radius 3 is 2.45 bits per heavy atom. The predicted octanol–water partition coefficient (Wildman–Crippen LogP) is 6.62. The van der Waals surface area contributed by atoms with E-state index < -0.39 is 14.6 Å². The standard InChI is InChI=1S/C22H28ClF3NO4PS/c23-19-9-6-17(7-10-19)5-2-1-3-14-33-21-11-8-18(15-20(21)31-22(24,25)26)16-27-12-4-13-30-32(28)29/h6-11,15,27,32H,1-5,12-14,16H2,(H,28,29). The van der Waals surface area contributed by atoms with Crippen molar-refractivity contribution in [1.82, 2.24) is 5.32 Å². The van der Waals surface area contributed by atoms with E-state index in [1.807, 2.05) is 24.3 Å². The van der Waals surface area contributed by atoms with Crippen LogP contribution in [0.1, 0.15) is 36.8 Å². The number of benzene rings is 2. The van der Waals surface area contributed by atoms with Crippen LogP contribution in [-0.2, 0) is 22.1 Å². The van der Waals surface area contributed by atoms with Crippen LogP contribution >= 0.6 is 31.6 Å². The highest BCUT2D eigenvalue weighted by Gasteiger charge is 2.32. The molecule has 2 aromatic carbocycles. The van der Waals surface area contributed by atoms with Crippen molar-refractivity contribution in [3.63, 3.8) is 0 Å². The number of nitrogens with one attached hydrogen (secondary N) is 1. The lowest BCUT2D eigenvalue weighted by Crippen LogP contribution is -2.19. The quantitative estimate of drug-likeness (QED) is 0.155. The molecule has 0 bridgehead atoms. The molecule has 0 saturated heterocycles. The van der Waals surface area contributed by atoms with Crippen molar-refractivity contribution in [2.24, 2.45) is 0 Å². The van der Waals surface area contributed by atoms with Gasteiger partial charge < -0.3 is 19.5 Å². The van der Waals surface area contributed by atoms with Gasteiger partial charge in [-0.3, -0.25) is 4.57 Å². The van der Waals surface area contributed by atoms with Gasteiger partial charge in [0.05, 0.1) is 6.61 Å². The molecule has 1 unspecified atom stereocenters. The summed E-state index contributed by atoms with van der Waals surface area (Å²) in [6.07, 6.45) is -0.457. The summed E-state index contributed by atoms with van der Waals surface area (Å²) >= 11 is 7.23. The first-order valence-corrected chi connectivity index (χ1v) is 13.2. The molecule has 0 saturated carbocycles. The number of thioether (sulfide) groups is 1. The molecule has 2 aromatic rings. The Hall–Kier alpha value is -1.22. The third kappa shape index (κ3) is 12.7. The number of hydrogen-bond acceptors (Lipinski definition) is 5. The van der Waals surface area contributed by atoms with E-state index in [1.54, 1.807) is 12.1 Å². The van der Waals surface area contributed by atoms with Gasteiger partial charge in [0.1, 0.15) is 5.75 Å². The molecule has 0 amide bonds. The zero-order valence-electron chi connectivity index (χ0n) is 18.0. The monoisotopic (exact) mass is 525 g/mol. The Morgan fingerprint density at radius 2 is 1.76 bits per heavy atom. The molecule has 0 radical (unpaired) electrons. The number of aryl methyl sites for hydroxylation is 1. The molecule has 0 aliphatic heterocycles. The molecule has 0 aliphatic carbocycles. The Labute approximate surface area is 202 Å². The molecule has 2 N–H and O–H groups in total. The van der Waals surface area contributed by atoms with Crippen molar-refractivity contribution < 1.29 is 31.9 Å². The van der Waals surface area contributed by atoms with Gasteiger partial charge in [0.25, 0.3) is 0 Å². The Morgan fingerprint density at radius 1 is 1.03 bits per heavy atom. The first-order valence-electron chi connectivity index (χ1n) is 10.6. The SMILES string of the molecule is O=[PH](O)OCCCNCc1ccc(SCCCCCc2ccc(Cl)cc2)c(OC(F)(F)F)c1. The molecule has 0 aromatic heterocycles. The summed E-state index contributed by atoms with van der Waals surface area (Å²) in [6.45, 7) is 0.980. The topological polar surface area (TPSA) is 67.8 Å². The summed E-state index contributed by atoms with van der Waals surface area (Å²) < 4.78 is 57.9. The number of alkyl halides is 3. The largest absolute Gasteiger partial charge is 0.573 e. The number of hydrogen-bond donors (Lipinski definition) is 2. The van der Waals surface area contributed by atoms with Gasteiger partial charge in [-0.15, -0.1) is 24.9 Å². The highest BCUT2D eigenvalue weighted by atomic mass is 35.5. The number of halogens is 4. The number of ether oxygens (including phenoxy) is 1. The summed E-state index contributed by atoms with van der Waals surface area (Å²) in [6, 6.07) is 12.5. The van der Waals surface area contributed by atoms with Crippen LogP contribution in [0.4, 0.5) is 13.2 Å². The molecular formula is C22H28ClF3NO4PS. The summed E-state index contributed by atoms with van der Waals surface area (Å²) in [5.74, 6) is 0.496. The second-order valence-electron chi connectivity index (χ2n) is 7.26. The predicted molar refractivity (Wildman–Crippen MR) is 126 cm³/mol. The van der Waals surface area contributed by atoms with Crippen LogP contribution in [0, 0.1) is 0 Å². The number of rotatable bonds is 15. The number of unbranched alkanes of at least 4 members (excludes halogenated alkanes) is 2. The summed E-state index contributed by atoms with van der Waals surface area (Å²) in [5.41, 5.74) is 1.87. The lowest BCUT2D eigenvalue weighted by Gasteiger charge is -2.15. The highest BCUT2D eigenvalue weighted by Crippen LogP contribution is 2.35. The molecule has 0 heterocycles. The van der Waals surface area contributed by atoms with Crippen LogP contribution in [0.3, 0.4) is 0 Å². The van der Waals surface area contributed by atoms with Gasteiger partial charge in [0.2, 0.25) is 0 Å². The fraction of sp³-hybridized carbons (Fsp3) is 0.455. The fourth-order valence-corrected chi connectivity index (χ4v) is 4.44. The second-order valence-corrected chi connectivity index (χ2v) is 9.65. The van der Waals surface area contributed by atoms with E-state index in [-0.39, 0.29) is 12.4 Å². The van der Waals surface area contributed by atoms with Crippen LogP contribution in [-0.4, -0.2) is 30.2 Å². The highest BCUT2D eigenvalue weighted by molar-refractivity contribution is 7.99. The molecular weight excluding hydrogens is 498 g/mol. The van der Waals surface area contributed by atoms with Gasteiger partial charge in [-0.25, -0.2) is 0 Å². The van der Waals surface area contributed by atoms with Crippen molar-refractivity contribution in [2.75, 3.05) is 18.9 Å². The van der Waals surface area contributed by atoms with Crippen LogP contribution in [0.25, 0.3) is 0 Å². The van der Waals surface area contributed by atoms with Crippen molar-refractivity contribution in [1.29, 1.82) is 0 Å². The molecule has 1 atom stereocenters. The smallest absolute Gasteiger partial charge is 0.405 e. The van der Waals surface area contributed by atoms with Gasteiger partial charge in [-0.1, -0.05) is 36.2 Å². The maximum atomic E-state index is 12.9. The molecule has 2 rings (SSSR count). The summed E-state index contributed by atoms with van der Waals surface area (Å²) in [7, 11) is -2.94. The van der Waals surface area contributed by atoms with Crippen LogP contribution in [0.5, 0.6) is 5.75 Å². The minimum absolute atomic E-state index is 0.138. The van der Waals surface area contributed by atoms with Crippen molar-refractivity contribution in [3.05, 3.63) is 58.6 Å². The molecule has 0 spiro atoms. The average Bonchev–Trinajstić information content (AvgIpc) is 2.74. The van der Waals surface area contributed by atoms with E-state index in [0.29, 0.717) is 40.7 Å². The van der Waals surface area contributed by atoms with Gasteiger partial charge in [0.15, 0.2) is 0 Å². The van der Waals surface area contributed by atoms with Gasteiger partial charge >= 0.3 is 14.6 Å². The maximum absolute atomic E-state index is 12.9. The third-order valence-electron chi connectivity index (χ3n) is 4.57. The normalized spacial score (nSPS) is 12.6. The van der Waals surface area contributed by atoms with E-state index in [9.17, 15) is 17.7 Å². The van der Waals surface area contributed by atoms with Crippen LogP contribution in [0.2, 0.25) is 5.02 Å². The molecule has 0 fully saturated rings. The van der Waals surface area contributed by atoms with E-state index in [4.69, 9.17) is 16.5 Å². The zero-order valence-corrected chi connectivity index (χ0v) is 20.6. The Kier molecular flexibility index (Phi) is 12.7. The Bertz CT molecular complexity index is 872. The molecule has 33 heavy (non-hydrogen) atoms. The lowest BCUT2D eigenvalue weighted by molar-refractivity contribution is -0.275. The van der Waals surface area contributed by atoms with Crippen molar-refractivity contribution in [2.45, 2.75) is 49.9 Å². The van der Waals surface area contributed by atoms with Crippen molar-refractivity contribution >= 4 is 31.6 Å². The summed E-state index contributed by atoms with van der Waals surface area (Å²) in [4.78, 5) is 9.04. The average molecular weight is 526 g/mol. The van der Waals surface area contributed by atoms with E-state index in [1.165, 1.54) is 23.4 Å². The lowest BCUT2D eigenvalue weighted by atomic mass is 10.1. The molecule has 5 nitrogen and oxygen atoms in total. The van der Waals surface area contributed by atoms with Gasteiger partial charge in [-0.2, -0.15) is 0 Å². The van der Waals surface area contributed by atoms with E-state index in [0.717, 1.165) is 25.7 Å². The fourth-order valence-electron chi connectivity index (χ4n) is 3.02. The van der Waals surface area contributed by atoms with Crippen molar-refractivity contribution in [3.8, 4) is 5.75 Å². The second kappa shape index (κ2) is 14.9. The molecule has 0 aliphatic rings. The van der Waals surface area contributed by atoms with Crippen LogP contribution in [0.15, 0.2) is 47.4 Å². The van der Waals surface area contributed by atoms with Crippen LogP contribution < -0.4 is 10.1 Å². The minimum Gasteiger partial charge on any atom is -0.405 e. The molecule has 184 valence electrons. The van der Waals surface area contributed by atoms with E-state index in [2.05, 4.69) is 14.6 Å². The first-order chi connectivity index (χ1) is 15.7. The molecule has 11 heteroatoms. The van der Waals surface area contributed by atoms with E-state index >= 15 is 0 Å². The Balaban J connectivity index is 1.78.